The molecule has 0 aromatic heterocycles. The third-order valence-electron chi connectivity index (χ3n) is 2.65. The second-order valence-electron chi connectivity index (χ2n) is 3.70. The first-order valence-corrected chi connectivity index (χ1v) is 4.78. The van der Waals surface area contributed by atoms with Gasteiger partial charge in [0, 0.05) is 25.2 Å². The molecule has 2 heteroatoms. The van der Waals surface area contributed by atoms with Crippen LogP contribution >= 0.6 is 0 Å². The standard InChI is InChI=1S/C10H20N2/c1-4-5-6-11-10-7-9(2)12(3)8-10/h4-5,9-11H,6-8H2,1-3H3/b5-4+. The molecule has 0 radical (unpaired) electrons. The predicted molar refractivity (Wildman–Crippen MR) is 53.3 cm³/mol. The zero-order valence-corrected chi connectivity index (χ0v) is 8.38. The Kier molecular flexibility index (Phi) is 3.76. The highest BCUT2D eigenvalue weighted by Crippen LogP contribution is 2.14. The summed E-state index contributed by atoms with van der Waals surface area (Å²) < 4.78 is 0. The number of allylic oxidation sites excluding steroid dienone is 1. The Balaban J connectivity index is 2.18. The largest absolute Gasteiger partial charge is 0.309 e. The molecular formula is C10H20N2. The average Bonchev–Trinajstić information content (AvgIpc) is 2.32. The van der Waals surface area contributed by atoms with Crippen LogP contribution in [0.3, 0.4) is 0 Å². The van der Waals surface area contributed by atoms with E-state index in [0.29, 0.717) is 6.04 Å². The van der Waals surface area contributed by atoms with Gasteiger partial charge in [0.1, 0.15) is 0 Å². The lowest BCUT2D eigenvalue weighted by Gasteiger charge is -2.12. The highest BCUT2D eigenvalue weighted by Gasteiger charge is 2.24. The second-order valence-corrected chi connectivity index (χ2v) is 3.70. The molecule has 1 saturated heterocycles. The molecule has 1 fully saturated rings. The molecule has 0 aromatic carbocycles. The summed E-state index contributed by atoms with van der Waals surface area (Å²) in [6, 6.07) is 1.44. The molecule has 1 rings (SSSR count). The fourth-order valence-electron chi connectivity index (χ4n) is 1.69. The summed E-state index contributed by atoms with van der Waals surface area (Å²) in [6.07, 6.45) is 5.55. The van der Waals surface area contributed by atoms with Gasteiger partial charge in [0.25, 0.3) is 0 Å². The van der Waals surface area contributed by atoms with Crippen molar-refractivity contribution in [3.05, 3.63) is 12.2 Å². The Labute approximate surface area is 75.6 Å². The lowest BCUT2D eigenvalue weighted by molar-refractivity contribution is 0.327. The van der Waals surface area contributed by atoms with Crippen LogP contribution in [0.4, 0.5) is 0 Å². The van der Waals surface area contributed by atoms with Crippen molar-refractivity contribution in [1.82, 2.24) is 10.2 Å². The maximum atomic E-state index is 3.51. The zero-order chi connectivity index (χ0) is 8.97. The van der Waals surface area contributed by atoms with Crippen LogP contribution in [-0.4, -0.2) is 37.1 Å². The number of nitrogens with zero attached hydrogens (tertiary/aromatic N) is 1. The van der Waals surface area contributed by atoms with E-state index >= 15 is 0 Å². The first-order valence-electron chi connectivity index (χ1n) is 4.78. The minimum absolute atomic E-state index is 0.696. The quantitative estimate of drug-likeness (QED) is 0.638. The van der Waals surface area contributed by atoms with E-state index in [2.05, 4.69) is 43.3 Å². The second kappa shape index (κ2) is 4.63. The topological polar surface area (TPSA) is 15.3 Å². The number of hydrogen-bond acceptors (Lipinski definition) is 2. The number of hydrogen-bond donors (Lipinski definition) is 1. The molecule has 12 heavy (non-hydrogen) atoms. The zero-order valence-electron chi connectivity index (χ0n) is 8.38. The monoisotopic (exact) mass is 168 g/mol. The van der Waals surface area contributed by atoms with Gasteiger partial charge in [0.05, 0.1) is 0 Å². The first kappa shape index (κ1) is 9.75. The Morgan fingerprint density at radius 2 is 2.33 bits per heavy atom. The van der Waals surface area contributed by atoms with Gasteiger partial charge in [-0.05, 0) is 27.3 Å². The van der Waals surface area contributed by atoms with E-state index in [-0.39, 0.29) is 0 Å². The summed E-state index contributed by atoms with van der Waals surface area (Å²) in [4.78, 5) is 2.41. The summed E-state index contributed by atoms with van der Waals surface area (Å²) in [5.74, 6) is 0. The van der Waals surface area contributed by atoms with Crippen molar-refractivity contribution in [2.75, 3.05) is 20.1 Å². The van der Waals surface area contributed by atoms with E-state index < -0.39 is 0 Å². The lowest BCUT2D eigenvalue weighted by atomic mass is 10.2. The van der Waals surface area contributed by atoms with Gasteiger partial charge in [0.15, 0.2) is 0 Å². The van der Waals surface area contributed by atoms with Crippen molar-refractivity contribution < 1.29 is 0 Å². The van der Waals surface area contributed by atoms with Crippen LogP contribution in [-0.2, 0) is 0 Å². The molecule has 0 spiro atoms. The van der Waals surface area contributed by atoms with Gasteiger partial charge < -0.3 is 10.2 Å². The Bertz CT molecular complexity index is 144. The fourth-order valence-corrected chi connectivity index (χ4v) is 1.69. The van der Waals surface area contributed by atoms with Gasteiger partial charge in [-0.15, -0.1) is 0 Å². The van der Waals surface area contributed by atoms with Gasteiger partial charge in [-0.1, -0.05) is 12.2 Å². The summed E-state index contributed by atoms with van der Waals surface area (Å²) in [5.41, 5.74) is 0. The van der Waals surface area contributed by atoms with Crippen molar-refractivity contribution in [3.8, 4) is 0 Å². The van der Waals surface area contributed by atoms with E-state index in [1.54, 1.807) is 0 Å². The summed E-state index contributed by atoms with van der Waals surface area (Å²) in [6.45, 7) is 6.56. The van der Waals surface area contributed by atoms with E-state index in [4.69, 9.17) is 0 Å². The molecule has 2 nitrogen and oxygen atoms in total. The average molecular weight is 168 g/mol. The highest BCUT2D eigenvalue weighted by molar-refractivity contribution is 4.88. The van der Waals surface area contributed by atoms with Crippen molar-refractivity contribution in [1.29, 1.82) is 0 Å². The minimum atomic E-state index is 0.696. The molecule has 0 aliphatic carbocycles. The Morgan fingerprint density at radius 3 is 2.83 bits per heavy atom. The molecule has 1 N–H and O–H groups in total. The van der Waals surface area contributed by atoms with Gasteiger partial charge >= 0.3 is 0 Å². The van der Waals surface area contributed by atoms with Gasteiger partial charge in [-0.25, -0.2) is 0 Å². The van der Waals surface area contributed by atoms with Crippen molar-refractivity contribution in [2.24, 2.45) is 0 Å². The maximum Gasteiger partial charge on any atom is 0.0212 e. The van der Waals surface area contributed by atoms with Crippen LogP contribution in [0.5, 0.6) is 0 Å². The van der Waals surface area contributed by atoms with Crippen molar-refractivity contribution in [2.45, 2.75) is 32.4 Å². The van der Waals surface area contributed by atoms with E-state index in [1.165, 1.54) is 13.0 Å². The fraction of sp³-hybridized carbons (Fsp3) is 0.800. The van der Waals surface area contributed by atoms with E-state index in [1.807, 2.05) is 0 Å². The minimum Gasteiger partial charge on any atom is -0.309 e. The molecule has 0 saturated carbocycles. The number of likely N-dealkylation sites (N-methyl/N-ethyl adjacent to an activating group) is 1. The Morgan fingerprint density at radius 1 is 1.58 bits per heavy atom. The van der Waals surface area contributed by atoms with Crippen LogP contribution in [0.1, 0.15) is 20.3 Å². The Hall–Kier alpha value is -0.340. The van der Waals surface area contributed by atoms with E-state index in [0.717, 1.165) is 12.6 Å². The molecule has 1 heterocycles. The van der Waals surface area contributed by atoms with Crippen LogP contribution in [0, 0.1) is 0 Å². The smallest absolute Gasteiger partial charge is 0.0212 e. The highest BCUT2D eigenvalue weighted by atomic mass is 15.2. The van der Waals surface area contributed by atoms with Crippen molar-refractivity contribution in [3.63, 3.8) is 0 Å². The van der Waals surface area contributed by atoms with Crippen LogP contribution in [0.15, 0.2) is 12.2 Å². The van der Waals surface area contributed by atoms with Gasteiger partial charge in [0.2, 0.25) is 0 Å². The summed E-state index contributed by atoms with van der Waals surface area (Å²) in [7, 11) is 2.20. The maximum absolute atomic E-state index is 3.51. The molecule has 0 bridgehead atoms. The molecule has 1 aliphatic rings. The lowest BCUT2D eigenvalue weighted by Crippen LogP contribution is -2.31. The molecule has 0 aromatic rings. The summed E-state index contributed by atoms with van der Waals surface area (Å²) >= 11 is 0. The molecule has 2 unspecified atom stereocenters. The van der Waals surface area contributed by atoms with E-state index in [9.17, 15) is 0 Å². The molecule has 2 atom stereocenters. The van der Waals surface area contributed by atoms with Gasteiger partial charge in [-0.2, -0.15) is 0 Å². The van der Waals surface area contributed by atoms with Crippen LogP contribution in [0.2, 0.25) is 0 Å². The van der Waals surface area contributed by atoms with Gasteiger partial charge in [-0.3, -0.25) is 0 Å². The van der Waals surface area contributed by atoms with Crippen LogP contribution in [0.25, 0.3) is 0 Å². The number of rotatable bonds is 3. The predicted octanol–water partition coefficient (Wildman–Crippen LogP) is 1.24. The number of nitrogens with one attached hydrogen (secondary N) is 1. The molecular weight excluding hydrogens is 148 g/mol. The molecule has 70 valence electrons. The normalized spacial score (nSPS) is 31.9. The summed E-state index contributed by atoms with van der Waals surface area (Å²) in [5, 5.41) is 3.51. The first-order chi connectivity index (χ1) is 5.74. The van der Waals surface area contributed by atoms with Crippen molar-refractivity contribution >= 4 is 0 Å². The molecule has 1 aliphatic heterocycles. The SMILES string of the molecule is C/C=C/CNC1CC(C)N(C)C1. The molecule has 0 amide bonds. The number of likely N-dealkylation sites (tertiary alicyclic amines) is 1. The third kappa shape index (κ3) is 2.61. The van der Waals surface area contributed by atoms with Crippen LogP contribution < -0.4 is 5.32 Å². The third-order valence-corrected chi connectivity index (χ3v) is 2.65.